The van der Waals surface area contributed by atoms with Crippen LogP contribution in [-0.2, 0) is 6.42 Å². The molecular formula is C12H15N3OS. The zero-order chi connectivity index (χ0) is 12.1. The number of hydrazine groups is 1. The van der Waals surface area contributed by atoms with E-state index in [1.54, 1.807) is 18.4 Å². The second kappa shape index (κ2) is 5.77. The minimum Gasteiger partial charge on any atom is -0.497 e. The van der Waals surface area contributed by atoms with Gasteiger partial charge in [0.05, 0.1) is 18.2 Å². The molecule has 2 aromatic rings. The van der Waals surface area contributed by atoms with Gasteiger partial charge in [0, 0.05) is 18.0 Å². The number of nitrogens with one attached hydrogen (secondary N) is 1. The van der Waals surface area contributed by atoms with Crippen LogP contribution in [0.4, 0.5) is 0 Å². The minimum atomic E-state index is 0.0760. The molecule has 17 heavy (non-hydrogen) atoms. The smallest absolute Gasteiger partial charge is 0.118 e. The zero-order valence-electron chi connectivity index (χ0n) is 9.59. The highest BCUT2D eigenvalue weighted by molar-refractivity contribution is 7.09. The normalized spacial score (nSPS) is 12.4. The Morgan fingerprint density at radius 1 is 1.41 bits per heavy atom. The molecule has 1 aromatic heterocycles. The number of rotatable bonds is 5. The maximum atomic E-state index is 5.59. The van der Waals surface area contributed by atoms with Crippen LogP contribution in [-0.4, -0.2) is 12.1 Å². The molecule has 0 saturated carbocycles. The average molecular weight is 249 g/mol. The molecule has 0 fully saturated rings. The lowest BCUT2D eigenvalue weighted by atomic mass is 10.0. The summed E-state index contributed by atoms with van der Waals surface area (Å²) in [5.74, 6) is 6.43. The van der Waals surface area contributed by atoms with E-state index in [4.69, 9.17) is 10.6 Å². The highest BCUT2D eigenvalue weighted by atomic mass is 32.1. The highest BCUT2D eigenvalue weighted by Crippen LogP contribution is 2.21. The van der Waals surface area contributed by atoms with Gasteiger partial charge in [-0.05, 0) is 17.7 Å². The second-order valence-electron chi connectivity index (χ2n) is 3.62. The van der Waals surface area contributed by atoms with Gasteiger partial charge in [0.1, 0.15) is 5.75 Å². The number of methoxy groups -OCH3 is 1. The summed E-state index contributed by atoms with van der Waals surface area (Å²) in [6.07, 6.45) is 2.60. The van der Waals surface area contributed by atoms with Crippen LogP contribution in [0.25, 0.3) is 0 Å². The Morgan fingerprint density at radius 3 is 2.71 bits per heavy atom. The van der Waals surface area contributed by atoms with Crippen LogP contribution in [0.1, 0.15) is 16.6 Å². The van der Waals surface area contributed by atoms with Gasteiger partial charge in [-0.25, -0.2) is 4.98 Å². The first kappa shape index (κ1) is 12.0. The molecule has 0 spiro atoms. The monoisotopic (exact) mass is 249 g/mol. The molecular weight excluding hydrogens is 234 g/mol. The Morgan fingerprint density at radius 2 is 2.18 bits per heavy atom. The van der Waals surface area contributed by atoms with Crippen molar-refractivity contribution in [2.24, 2.45) is 5.84 Å². The van der Waals surface area contributed by atoms with Gasteiger partial charge in [0.2, 0.25) is 0 Å². The van der Waals surface area contributed by atoms with Gasteiger partial charge in [-0.15, -0.1) is 11.3 Å². The highest BCUT2D eigenvalue weighted by Gasteiger charge is 2.11. The summed E-state index contributed by atoms with van der Waals surface area (Å²) in [4.78, 5) is 4.26. The van der Waals surface area contributed by atoms with E-state index >= 15 is 0 Å². The van der Waals surface area contributed by atoms with Gasteiger partial charge in [0.25, 0.3) is 0 Å². The summed E-state index contributed by atoms with van der Waals surface area (Å²) < 4.78 is 5.13. The molecule has 0 amide bonds. The van der Waals surface area contributed by atoms with E-state index in [1.807, 2.05) is 35.8 Å². The summed E-state index contributed by atoms with van der Waals surface area (Å²) in [6, 6.07) is 7.96. The van der Waals surface area contributed by atoms with E-state index in [0.29, 0.717) is 0 Å². The molecule has 5 heteroatoms. The second-order valence-corrected chi connectivity index (χ2v) is 4.60. The van der Waals surface area contributed by atoms with Crippen LogP contribution in [0.2, 0.25) is 0 Å². The molecule has 0 radical (unpaired) electrons. The molecule has 0 aliphatic carbocycles. The molecule has 0 aliphatic heterocycles. The van der Waals surface area contributed by atoms with Gasteiger partial charge in [-0.3, -0.25) is 11.3 Å². The SMILES string of the molecule is COc1ccc(C(Cc2nccs2)NN)cc1. The molecule has 1 unspecified atom stereocenters. The van der Waals surface area contributed by atoms with E-state index in [1.165, 1.54) is 0 Å². The van der Waals surface area contributed by atoms with Crippen molar-refractivity contribution < 1.29 is 4.74 Å². The van der Waals surface area contributed by atoms with Crippen LogP contribution < -0.4 is 16.0 Å². The maximum Gasteiger partial charge on any atom is 0.118 e. The number of aromatic nitrogens is 1. The van der Waals surface area contributed by atoms with E-state index in [9.17, 15) is 0 Å². The third-order valence-electron chi connectivity index (χ3n) is 2.58. The minimum absolute atomic E-state index is 0.0760. The number of nitrogens with two attached hydrogens (primary N) is 1. The Balaban J connectivity index is 2.11. The van der Waals surface area contributed by atoms with Gasteiger partial charge in [-0.1, -0.05) is 12.1 Å². The lowest BCUT2D eigenvalue weighted by Gasteiger charge is -2.15. The molecule has 2 rings (SSSR count). The van der Waals surface area contributed by atoms with Crippen molar-refractivity contribution in [2.45, 2.75) is 12.5 Å². The molecule has 90 valence electrons. The van der Waals surface area contributed by atoms with Crippen molar-refractivity contribution in [1.82, 2.24) is 10.4 Å². The summed E-state index contributed by atoms with van der Waals surface area (Å²) >= 11 is 1.64. The van der Waals surface area contributed by atoms with E-state index in [2.05, 4.69) is 10.4 Å². The fourth-order valence-electron chi connectivity index (χ4n) is 1.64. The molecule has 3 N–H and O–H groups in total. The summed E-state index contributed by atoms with van der Waals surface area (Å²) in [7, 11) is 1.66. The molecule has 4 nitrogen and oxygen atoms in total. The fourth-order valence-corrected chi connectivity index (χ4v) is 2.30. The van der Waals surface area contributed by atoms with Crippen LogP contribution in [0.15, 0.2) is 35.8 Å². The van der Waals surface area contributed by atoms with Gasteiger partial charge in [-0.2, -0.15) is 0 Å². The number of benzene rings is 1. The maximum absolute atomic E-state index is 5.59. The number of thiazole rings is 1. The van der Waals surface area contributed by atoms with E-state index in [0.717, 1.165) is 22.7 Å². The molecule has 1 aromatic carbocycles. The predicted molar refractivity (Wildman–Crippen MR) is 68.9 cm³/mol. The molecule has 0 bridgehead atoms. The van der Waals surface area contributed by atoms with E-state index in [-0.39, 0.29) is 6.04 Å². The number of ether oxygens (including phenoxy) is 1. The fraction of sp³-hybridized carbons (Fsp3) is 0.250. The number of nitrogens with zero attached hydrogens (tertiary/aromatic N) is 1. The van der Waals surface area contributed by atoms with E-state index < -0.39 is 0 Å². The third kappa shape index (κ3) is 3.03. The lowest BCUT2D eigenvalue weighted by Crippen LogP contribution is -2.29. The summed E-state index contributed by atoms with van der Waals surface area (Å²) in [5.41, 5.74) is 3.95. The summed E-state index contributed by atoms with van der Waals surface area (Å²) in [5, 5.41) is 3.04. The molecule has 1 atom stereocenters. The van der Waals surface area contributed by atoms with Gasteiger partial charge in [0.15, 0.2) is 0 Å². The van der Waals surface area contributed by atoms with Crippen molar-refractivity contribution in [2.75, 3.05) is 7.11 Å². The van der Waals surface area contributed by atoms with Crippen molar-refractivity contribution in [3.63, 3.8) is 0 Å². The van der Waals surface area contributed by atoms with Crippen molar-refractivity contribution in [3.05, 3.63) is 46.4 Å². The Labute approximate surface area is 104 Å². The topological polar surface area (TPSA) is 60.2 Å². The zero-order valence-corrected chi connectivity index (χ0v) is 10.4. The molecule has 0 aliphatic rings. The van der Waals surface area contributed by atoms with Gasteiger partial charge >= 0.3 is 0 Å². The first-order chi connectivity index (χ1) is 8.33. The average Bonchev–Trinajstić information content (AvgIpc) is 2.89. The van der Waals surface area contributed by atoms with Gasteiger partial charge < -0.3 is 4.74 Å². The molecule has 1 heterocycles. The first-order valence-electron chi connectivity index (χ1n) is 5.32. The van der Waals surface area contributed by atoms with Crippen LogP contribution in [0.5, 0.6) is 5.75 Å². The molecule has 0 saturated heterocycles. The predicted octanol–water partition coefficient (Wildman–Crippen LogP) is 1.90. The third-order valence-corrected chi connectivity index (χ3v) is 3.38. The van der Waals surface area contributed by atoms with Crippen LogP contribution in [0, 0.1) is 0 Å². The van der Waals surface area contributed by atoms with Crippen LogP contribution in [0.3, 0.4) is 0 Å². The van der Waals surface area contributed by atoms with Crippen molar-refractivity contribution in [3.8, 4) is 5.75 Å². The Bertz CT molecular complexity index is 441. The van der Waals surface area contributed by atoms with Crippen molar-refractivity contribution in [1.29, 1.82) is 0 Å². The first-order valence-corrected chi connectivity index (χ1v) is 6.20. The lowest BCUT2D eigenvalue weighted by molar-refractivity contribution is 0.414. The Kier molecular flexibility index (Phi) is 4.08. The number of hydrogen-bond donors (Lipinski definition) is 2. The van der Waals surface area contributed by atoms with Crippen LogP contribution >= 0.6 is 11.3 Å². The Hall–Kier alpha value is -1.43. The summed E-state index contributed by atoms with van der Waals surface area (Å²) in [6.45, 7) is 0. The largest absolute Gasteiger partial charge is 0.497 e. The number of hydrogen-bond acceptors (Lipinski definition) is 5. The standard InChI is InChI=1S/C12H15N3OS/c1-16-10-4-2-9(3-5-10)11(15-13)8-12-14-6-7-17-12/h2-7,11,15H,8,13H2,1H3. The quantitative estimate of drug-likeness (QED) is 0.627. The van der Waals surface area contributed by atoms with Crippen molar-refractivity contribution >= 4 is 11.3 Å².